The molecule has 0 aliphatic rings. The topological polar surface area (TPSA) is 29.3 Å². The summed E-state index contributed by atoms with van der Waals surface area (Å²) in [6.45, 7) is 4.93. The van der Waals surface area contributed by atoms with E-state index >= 15 is 0 Å². The maximum atomic E-state index is 6.01. The zero-order valence-electron chi connectivity index (χ0n) is 11.5. The second-order valence-electron chi connectivity index (χ2n) is 4.76. The van der Waals surface area contributed by atoms with Crippen molar-refractivity contribution in [1.82, 2.24) is 4.90 Å². The minimum atomic E-state index is 0.325. The van der Waals surface area contributed by atoms with Crippen molar-refractivity contribution >= 4 is 11.3 Å². The first-order valence-corrected chi connectivity index (χ1v) is 7.79. The van der Waals surface area contributed by atoms with Crippen LogP contribution < -0.4 is 5.73 Å². The summed E-state index contributed by atoms with van der Waals surface area (Å²) in [5.74, 6) is 0. The van der Waals surface area contributed by atoms with Gasteiger partial charge in [0, 0.05) is 19.1 Å². The Morgan fingerprint density at radius 3 is 2.58 bits per heavy atom. The maximum absolute atomic E-state index is 6.01. The van der Waals surface area contributed by atoms with Gasteiger partial charge in [0.25, 0.3) is 0 Å². The van der Waals surface area contributed by atoms with Crippen molar-refractivity contribution in [2.75, 3.05) is 13.1 Å². The molecule has 0 aliphatic heterocycles. The summed E-state index contributed by atoms with van der Waals surface area (Å²) in [6.07, 6.45) is 1.15. The quantitative estimate of drug-likeness (QED) is 0.835. The van der Waals surface area contributed by atoms with Crippen LogP contribution in [-0.2, 0) is 6.54 Å². The summed E-state index contributed by atoms with van der Waals surface area (Å²) in [6, 6.07) is 13.1. The zero-order valence-corrected chi connectivity index (χ0v) is 12.3. The fourth-order valence-electron chi connectivity index (χ4n) is 2.41. The molecule has 0 radical (unpaired) electrons. The standard InChI is InChI=1S/C16H22N2S/c1-2-9-18(12-14-6-4-3-5-7-14)16(11-17)15-8-10-19-13-15/h3-8,10,13,16H,2,9,11-12,17H2,1H3. The van der Waals surface area contributed by atoms with Crippen LogP contribution in [0.3, 0.4) is 0 Å². The number of nitrogens with zero attached hydrogens (tertiary/aromatic N) is 1. The van der Waals surface area contributed by atoms with E-state index in [0.717, 1.165) is 19.5 Å². The molecule has 1 unspecified atom stereocenters. The Balaban J connectivity index is 2.14. The average Bonchev–Trinajstić information content (AvgIpc) is 2.95. The lowest BCUT2D eigenvalue weighted by Crippen LogP contribution is -2.33. The molecule has 2 N–H and O–H groups in total. The highest BCUT2D eigenvalue weighted by atomic mass is 32.1. The van der Waals surface area contributed by atoms with Gasteiger partial charge < -0.3 is 5.73 Å². The van der Waals surface area contributed by atoms with E-state index in [2.05, 4.69) is 59.0 Å². The smallest absolute Gasteiger partial charge is 0.0482 e. The molecule has 102 valence electrons. The first kappa shape index (κ1) is 14.3. The number of hydrogen-bond acceptors (Lipinski definition) is 3. The monoisotopic (exact) mass is 274 g/mol. The molecule has 1 atom stereocenters. The SMILES string of the molecule is CCCN(Cc1ccccc1)C(CN)c1ccsc1. The van der Waals surface area contributed by atoms with Crippen molar-refractivity contribution in [3.05, 3.63) is 58.3 Å². The predicted octanol–water partition coefficient (Wildman–Crippen LogP) is 3.66. The molecule has 0 fully saturated rings. The molecular weight excluding hydrogens is 252 g/mol. The van der Waals surface area contributed by atoms with Crippen LogP contribution in [0, 0.1) is 0 Å². The van der Waals surface area contributed by atoms with Crippen LogP contribution in [0.2, 0.25) is 0 Å². The Hall–Kier alpha value is -1.16. The molecule has 0 saturated carbocycles. The van der Waals surface area contributed by atoms with E-state index in [1.54, 1.807) is 11.3 Å². The lowest BCUT2D eigenvalue weighted by Gasteiger charge is -2.30. The highest BCUT2D eigenvalue weighted by molar-refractivity contribution is 7.07. The molecule has 1 heterocycles. The molecule has 0 amide bonds. The average molecular weight is 274 g/mol. The summed E-state index contributed by atoms with van der Waals surface area (Å²) in [5, 5.41) is 4.34. The van der Waals surface area contributed by atoms with Gasteiger partial charge in [-0.25, -0.2) is 0 Å². The van der Waals surface area contributed by atoms with E-state index in [4.69, 9.17) is 5.73 Å². The molecule has 2 aromatic rings. The number of nitrogens with two attached hydrogens (primary N) is 1. The lowest BCUT2D eigenvalue weighted by atomic mass is 10.1. The van der Waals surface area contributed by atoms with E-state index in [-0.39, 0.29) is 0 Å². The zero-order chi connectivity index (χ0) is 13.5. The number of benzene rings is 1. The minimum Gasteiger partial charge on any atom is -0.329 e. The van der Waals surface area contributed by atoms with Crippen LogP contribution in [0.1, 0.15) is 30.5 Å². The van der Waals surface area contributed by atoms with Crippen molar-refractivity contribution in [3.8, 4) is 0 Å². The van der Waals surface area contributed by atoms with Gasteiger partial charge in [0.2, 0.25) is 0 Å². The van der Waals surface area contributed by atoms with Gasteiger partial charge >= 0.3 is 0 Å². The molecule has 2 nitrogen and oxygen atoms in total. The van der Waals surface area contributed by atoms with Crippen molar-refractivity contribution in [3.63, 3.8) is 0 Å². The third-order valence-electron chi connectivity index (χ3n) is 3.33. The van der Waals surface area contributed by atoms with Crippen molar-refractivity contribution in [1.29, 1.82) is 0 Å². The first-order chi connectivity index (χ1) is 9.35. The third kappa shape index (κ3) is 3.90. The Bertz CT molecular complexity index is 453. The fraction of sp³-hybridized carbons (Fsp3) is 0.375. The van der Waals surface area contributed by atoms with Crippen LogP contribution in [0.5, 0.6) is 0 Å². The molecule has 1 aromatic heterocycles. The summed E-state index contributed by atoms with van der Waals surface area (Å²) in [4.78, 5) is 2.48. The largest absolute Gasteiger partial charge is 0.329 e. The highest BCUT2D eigenvalue weighted by Crippen LogP contribution is 2.24. The van der Waals surface area contributed by atoms with Crippen LogP contribution in [0.4, 0.5) is 0 Å². The van der Waals surface area contributed by atoms with E-state index in [1.165, 1.54) is 11.1 Å². The van der Waals surface area contributed by atoms with Gasteiger partial charge in [-0.05, 0) is 40.9 Å². The van der Waals surface area contributed by atoms with Gasteiger partial charge in [0.1, 0.15) is 0 Å². The van der Waals surface area contributed by atoms with Crippen LogP contribution >= 0.6 is 11.3 Å². The second kappa shape index (κ2) is 7.43. The number of hydrogen-bond donors (Lipinski definition) is 1. The van der Waals surface area contributed by atoms with Gasteiger partial charge in [0.15, 0.2) is 0 Å². The van der Waals surface area contributed by atoms with Crippen molar-refractivity contribution < 1.29 is 0 Å². The van der Waals surface area contributed by atoms with Gasteiger partial charge in [-0.3, -0.25) is 4.90 Å². The fourth-order valence-corrected chi connectivity index (χ4v) is 3.12. The Kier molecular flexibility index (Phi) is 5.58. The Morgan fingerprint density at radius 2 is 2.00 bits per heavy atom. The lowest BCUT2D eigenvalue weighted by molar-refractivity contribution is 0.193. The van der Waals surface area contributed by atoms with E-state index < -0.39 is 0 Å². The van der Waals surface area contributed by atoms with Gasteiger partial charge in [-0.1, -0.05) is 37.3 Å². The summed E-state index contributed by atoms with van der Waals surface area (Å²) in [7, 11) is 0. The van der Waals surface area contributed by atoms with E-state index in [9.17, 15) is 0 Å². The molecule has 1 aromatic carbocycles. The summed E-state index contributed by atoms with van der Waals surface area (Å²) >= 11 is 1.74. The molecule has 0 aliphatic carbocycles. The van der Waals surface area contributed by atoms with Crippen LogP contribution in [0.25, 0.3) is 0 Å². The molecule has 0 spiro atoms. The first-order valence-electron chi connectivity index (χ1n) is 6.85. The van der Waals surface area contributed by atoms with Crippen molar-refractivity contribution in [2.45, 2.75) is 25.9 Å². The van der Waals surface area contributed by atoms with E-state index in [1.807, 2.05) is 0 Å². The molecule has 3 heteroatoms. The second-order valence-corrected chi connectivity index (χ2v) is 5.54. The molecule has 0 saturated heterocycles. The van der Waals surface area contributed by atoms with Gasteiger partial charge in [0.05, 0.1) is 0 Å². The Morgan fingerprint density at radius 1 is 1.21 bits per heavy atom. The summed E-state index contributed by atoms with van der Waals surface area (Å²) in [5.41, 5.74) is 8.71. The minimum absolute atomic E-state index is 0.325. The van der Waals surface area contributed by atoms with Gasteiger partial charge in [-0.2, -0.15) is 11.3 Å². The van der Waals surface area contributed by atoms with E-state index in [0.29, 0.717) is 12.6 Å². The predicted molar refractivity (Wildman–Crippen MR) is 83.3 cm³/mol. The van der Waals surface area contributed by atoms with Crippen LogP contribution in [0.15, 0.2) is 47.2 Å². The normalized spacial score (nSPS) is 12.8. The molecule has 0 bridgehead atoms. The molecule has 2 rings (SSSR count). The van der Waals surface area contributed by atoms with Crippen LogP contribution in [-0.4, -0.2) is 18.0 Å². The van der Waals surface area contributed by atoms with Gasteiger partial charge in [-0.15, -0.1) is 0 Å². The number of rotatable bonds is 7. The Labute approximate surface area is 119 Å². The highest BCUT2D eigenvalue weighted by Gasteiger charge is 2.18. The van der Waals surface area contributed by atoms with Crippen molar-refractivity contribution in [2.24, 2.45) is 5.73 Å². The number of thiophene rings is 1. The third-order valence-corrected chi connectivity index (χ3v) is 4.03. The molecule has 19 heavy (non-hydrogen) atoms. The maximum Gasteiger partial charge on any atom is 0.0482 e. The summed E-state index contributed by atoms with van der Waals surface area (Å²) < 4.78 is 0. The molecular formula is C16H22N2S.